The summed E-state index contributed by atoms with van der Waals surface area (Å²) in [6.07, 6.45) is 2.58. The number of nitrogens with two attached hydrogens (primary N) is 5. The molecule has 0 spiro atoms. The maximum atomic E-state index is 13.4. The molecule has 0 saturated heterocycles. The number of hydrogen-bond acceptors (Lipinski definition) is 7. The van der Waals surface area contributed by atoms with Crippen molar-refractivity contribution in [3.05, 3.63) is 36.0 Å². The second-order valence-electron chi connectivity index (χ2n) is 9.25. The first-order chi connectivity index (χ1) is 19.5. The lowest BCUT2D eigenvalue weighted by Crippen LogP contribution is -2.56. The van der Waals surface area contributed by atoms with Gasteiger partial charge in [-0.3, -0.25) is 24.4 Å². The summed E-state index contributed by atoms with van der Waals surface area (Å²) in [5.74, 6) is -3.45. The molecule has 3 unspecified atom stereocenters. The van der Waals surface area contributed by atoms with Gasteiger partial charge in [0.2, 0.25) is 17.7 Å². The summed E-state index contributed by atoms with van der Waals surface area (Å²) in [6.45, 7) is 0.0426. The number of aromatic amines is 1. The number of carbonyl (C=O) groups is 4. The van der Waals surface area contributed by atoms with E-state index >= 15 is 0 Å². The predicted octanol–water partition coefficient (Wildman–Crippen LogP) is -2.68. The molecule has 41 heavy (non-hydrogen) atoms. The van der Waals surface area contributed by atoms with Crippen molar-refractivity contribution in [3.8, 4) is 0 Å². The molecule has 0 radical (unpaired) electrons. The number of H-pyrrole nitrogens is 1. The summed E-state index contributed by atoms with van der Waals surface area (Å²) >= 11 is 0. The Morgan fingerprint density at radius 2 is 1.39 bits per heavy atom. The first kappa shape index (κ1) is 32.4. The van der Waals surface area contributed by atoms with E-state index in [1.165, 1.54) is 0 Å². The van der Waals surface area contributed by atoms with Crippen LogP contribution in [0, 0.1) is 0 Å². The molecule has 2 rings (SSSR count). The zero-order valence-corrected chi connectivity index (χ0v) is 22.6. The minimum Gasteiger partial charge on any atom is -0.480 e. The largest absolute Gasteiger partial charge is 0.480 e. The van der Waals surface area contributed by atoms with Crippen LogP contribution in [0.25, 0.3) is 10.9 Å². The molecule has 15 N–H and O–H groups in total. The summed E-state index contributed by atoms with van der Waals surface area (Å²) in [7, 11) is 0. The van der Waals surface area contributed by atoms with E-state index in [4.69, 9.17) is 28.7 Å². The highest BCUT2D eigenvalue weighted by Gasteiger charge is 2.30. The molecule has 0 fully saturated rings. The molecule has 0 saturated carbocycles. The van der Waals surface area contributed by atoms with Crippen molar-refractivity contribution in [2.75, 3.05) is 19.6 Å². The van der Waals surface area contributed by atoms with E-state index < -0.39 is 41.8 Å². The van der Waals surface area contributed by atoms with E-state index in [9.17, 15) is 24.3 Å². The Labute approximate surface area is 236 Å². The normalized spacial score (nSPS) is 12.9. The fourth-order valence-electron chi connectivity index (χ4n) is 4.06. The topological polar surface area (TPSA) is 295 Å². The van der Waals surface area contributed by atoms with E-state index in [1.54, 1.807) is 6.20 Å². The molecule has 0 bridgehead atoms. The van der Waals surface area contributed by atoms with Crippen LogP contribution in [0.5, 0.6) is 0 Å². The van der Waals surface area contributed by atoms with Gasteiger partial charge in [-0.1, -0.05) is 18.2 Å². The van der Waals surface area contributed by atoms with Gasteiger partial charge in [-0.25, -0.2) is 4.79 Å². The minimum absolute atomic E-state index is 0.0352. The lowest BCUT2D eigenvalue weighted by atomic mass is 10.0. The Morgan fingerprint density at radius 1 is 0.829 bits per heavy atom. The Morgan fingerprint density at radius 3 is 1.98 bits per heavy atom. The number of carboxylic acids is 1. The SMILES string of the molecule is NCC(=O)NC(CCCN=C(N)N)C(=O)NC(Cc1c[nH]c2ccccc12)C(=O)NC(CCCN=C(N)N)C(=O)O. The average Bonchev–Trinajstić information content (AvgIpc) is 3.33. The number of carbonyl (C=O) groups excluding carboxylic acids is 3. The molecule has 3 amide bonds. The van der Waals surface area contributed by atoms with Crippen molar-refractivity contribution in [1.82, 2.24) is 20.9 Å². The second-order valence-corrected chi connectivity index (χ2v) is 9.25. The minimum atomic E-state index is -1.26. The molecular formula is C25H39N11O5. The van der Waals surface area contributed by atoms with Gasteiger partial charge in [0.15, 0.2) is 11.9 Å². The lowest BCUT2D eigenvalue weighted by molar-refractivity contribution is -0.142. The molecule has 16 heteroatoms. The smallest absolute Gasteiger partial charge is 0.326 e. The number of benzene rings is 1. The van der Waals surface area contributed by atoms with Gasteiger partial charge in [0.1, 0.15) is 18.1 Å². The Bertz CT molecular complexity index is 1250. The standard InChI is InChI=1S/C25H39N11O5/c26-12-20(37)34-17(7-3-9-31-24(27)28)21(38)36-19(11-14-13-33-16-6-2-1-5-15(14)16)22(39)35-18(23(40)41)8-4-10-32-25(29)30/h1-2,5-6,13,17-19,33H,3-4,7-12,26H2,(H,34,37)(H,35,39)(H,36,38)(H,40,41)(H4,27,28,31)(H4,29,30,32). The third kappa shape index (κ3) is 11.0. The van der Waals surface area contributed by atoms with E-state index in [2.05, 4.69) is 30.9 Å². The molecule has 0 aliphatic carbocycles. The number of aliphatic imine (C=N–C) groups is 2. The van der Waals surface area contributed by atoms with Crippen LogP contribution in [0.15, 0.2) is 40.4 Å². The van der Waals surface area contributed by atoms with Gasteiger partial charge in [0.25, 0.3) is 0 Å². The van der Waals surface area contributed by atoms with Gasteiger partial charge in [0.05, 0.1) is 6.54 Å². The van der Waals surface area contributed by atoms with Crippen LogP contribution < -0.4 is 44.6 Å². The number of amides is 3. The number of aromatic nitrogens is 1. The summed E-state index contributed by atoms with van der Waals surface area (Å²) in [4.78, 5) is 61.4. The molecule has 224 valence electrons. The molecular weight excluding hydrogens is 534 g/mol. The fraction of sp³-hybridized carbons (Fsp3) is 0.440. The van der Waals surface area contributed by atoms with Crippen LogP contribution in [-0.4, -0.2) is 83.5 Å². The average molecular weight is 574 g/mol. The number of guanidine groups is 2. The van der Waals surface area contributed by atoms with Gasteiger partial charge >= 0.3 is 5.97 Å². The number of nitrogens with one attached hydrogen (secondary N) is 4. The monoisotopic (exact) mass is 573 g/mol. The first-order valence-corrected chi connectivity index (χ1v) is 13.0. The number of aliphatic carboxylic acids is 1. The highest BCUT2D eigenvalue weighted by Crippen LogP contribution is 2.19. The molecule has 1 aromatic carbocycles. The first-order valence-electron chi connectivity index (χ1n) is 13.0. The zero-order chi connectivity index (χ0) is 30.4. The van der Waals surface area contributed by atoms with Crippen LogP contribution in [0.4, 0.5) is 0 Å². The van der Waals surface area contributed by atoms with Crippen molar-refractivity contribution in [1.29, 1.82) is 0 Å². The van der Waals surface area contributed by atoms with E-state index in [-0.39, 0.29) is 57.2 Å². The van der Waals surface area contributed by atoms with Gasteiger partial charge < -0.3 is 54.7 Å². The predicted molar refractivity (Wildman–Crippen MR) is 154 cm³/mol. The lowest BCUT2D eigenvalue weighted by Gasteiger charge is -2.24. The number of para-hydroxylation sites is 1. The molecule has 16 nitrogen and oxygen atoms in total. The van der Waals surface area contributed by atoms with Crippen LogP contribution >= 0.6 is 0 Å². The van der Waals surface area contributed by atoms with Crippen molar-refractivity contribution >= 4 is 46.5 Å². The van der Waals surface area contributed by atoms with Crippen molar-refractivity contribution < 1.29 is 24.3 Å². The zero-order valence-electron chi connectivity index (χ0n) is 22.6. The number of hydrogen-bond donors (Lipinski definition) is 10. The molecule has 2 aromatic rings. The number of carboxylic acid groups (broad SMARTS) is 1. The van der Waals surface area contributed by atoms with Gasteiger partial charge in [-0.15, -0.1) is 0 Å². The van der Waals surface area contributed by atoms with Crippen LogP contribution in [0.3, 0.4) is 0 Å². The summed E-state index contributed by atoms with van der Waals surface area (Å²) in [6, 6.07) is 3.91. The Kier molecular flexibility index (Phi) is 12.9. The van der Waals surface area contributed by atoms with Gasteiger partial charge in [0, 0.05) is 36.6 Å². The quantitative estimate of drug-likeness (QED) is 0.0531. The maximum Gasteiger partial charge on any atom is 0.326 e. The molecule has 3 atom stereocenters. The molecule has 1 heterocycles. The Balaban J connectivity index is 2.27. The summed E-state index contributed by atoms with van der Waals surface area (Å²) < 4.78 is 0. The molecule has 1 aromatic heterocycles. The van der Waals surface area contributed by atoms with E-state index in [0.717, 1.165) is 16.5 Å². The van der Waals surface area contributed by atoms with Gasteiger partial charge in [-0.05, 0) is 37.3 Å². The molecule has 0 aliphatic rings. The van der Waals surface area contributed by atoms with E-state index in [1.807, 2.05) is 24.3 Å². The maximum absolute atomic E-state index is 13.4. The third-order valence-corrected chi connectivity index (χ3v) is 6.07. The van der Waals surface area contributed by atoms with Crippen molar-refractivity contribution in [2.24, 2.45) is 38.7 Å². The highest BCUT2D eigenvalue weighted by atomic mass is 16.4. The third-order valence-electron chi connectivity index (χ3n) is 6.07. The summed E-state index contributed by atoms with van der Waals surface area (Å²) in [5.41, 5.74) is 28.2. The highest BCUT2D eigenvalue weighted by molar-refractivity contribution is 5.94. The van der Waals surface area contributed by atoms with E-state index in [0.29, 0.717) is 6.42 Å². The Hall–Kier alpha value is -4.86. The van der Waals surface area contributed by atoms with Gasteiger partial charge in [-0.2, -0.15) is 0 Å². The fourth-order valence-corrected chi connectivity index (χ4v) is 4.06. The van der Waals surface area contributed by atoms with Crippen LogP contribution in [-0.2, 0) is 25.6 Å². The number of nitrogens with zero attached hydrogens (tertiary/aromatic N) is 2. The number of rotatable bonds is 17. The van der Waals surface area contributed by atoms with Crippen molar-refractivity contribution in [2.45, 2.75) is 50.2 Å². The molecule has 0 aliphatic heterocycles. The van der Waals surface area contributed by atoms with Crippen LogP contribution in [0.2, 0.25) is 0 Å². The summed E-state index contributed by atoms with van der Waals surface area (Å²) in [5, 5.41) is 18.2. The van der Waals surface area contributed by atoms with Crippen molar-refractivity contribution in [3.63, 3.8) is 0 Å². The second kappa shape index (κ2) is 16.3. The number of fused-ring (bicyclic) bond motifs is 1. The van der Waals surface area contributed by atoms with Crippen LogP contribution in [0.1, 0.15) is 31.2 Å².